The molecule has 3 aromatic rings. The summed E-state index contributed by atoms with van der Waals surface area (Å²) in [5.74, 6) is 0.536. The maximum atomic E-state index is 12.1. The van der Waals surface area contributed by atoms with Gasteiger partial charge in [-0.15, -0.1) is 15.3 Å². The lowest BCUT2D eigenvalue weighted by Gasteiger charge is -1.96. The van der Waals surface area contributed by atoms with Crippen molar-refractivity contribution in [2.75, 3.05) is 11.1 Å². The van der Waals surface area contributed by atoms with E-state index in [-0.39, 0.29) is 5.91 Å². The summed E-state index contributed by atoms with van der Waals surface area (Å²) in [6, 6.07) is 10.1. The highest BCUT2D eigenvalue weighted by Crippen LogP contribution is 2.26. The Balaban J connectivity index is 1.51. The Bertz CT molecular complexity index is 844. The number of rotatable bonds is 6. The largest absolute Gasteiger partial charge is 0.296 e. The first-order valence-electron chi connectivity index (χ1n) is 7.00. The van der Waals surface area contributed by atoms with E-state index in [1.165, 1.54) is 11.3 Å². The maximum Gasteiger partial charge on any atom is 0.271 e. The monoisotopic (exact) mass is 375 g/mol. The van der Waals surface area contributed by atoms with Crippen LogP contribution in [0.15, 0.2) is 40.7 Å². The molecule has 2 heterocycles. The zero-order valence-corrected chi connectivity index (χ0v) is 15.1. The van der Waals surface area contributed by atoms with E-state index in [2.05, 4.69) is 49.4 Å². The maximum absolute atomic E-state index is 12.1. The van der Waals surface area contributed by atoms with Gasteiger partial charge in [0, 0.05) is 5.75 Å². The zero-order chi connectivity index (χ0) is 16.8. The molecule has 2 aromatic heterocycles. The van der Waals surface area contributed by atoms with Crippen molar-refractivity contribution in [2.24, 2.45) is 0 Å². The molecule has 0 fully saturated rings. The van der Waals surface area contributed by atoms with Crippen LogP contribution in [-0.2, 0) is 0 Å². The van der Waals surface area contributed by atoms with E-state index >= 15 is 0 Å². The van der Waals surface area contributed by atoms with Crippen molar-refractivity contribution in [2.45, 2.75) is 11.3 Å². The van der Waals surface area contributed by atoms with Crippen LogP contribution in [0.5, 0.6) is 0 Å². The van der Waals surface area contributed by atoms with Crippen molar-refractivity contribution < 1.29 is 4.79 Å². The number of amides is 1. The normalized spacial score (nSPS) is 11.0. The number of aryl methyl sites for hydroxylation is 1. The lowest BCUT2D eigenvalue weighted by atomic mass is 10.2. The number of anilines is 1. The summed E-state index contributed by atoms with van der Waals surface area (Å²) in [6.45, 7) is 1.75. The predicted octanol–water partition coefficient (Wildman–Crippen LogP) is 3.76. The third-order valence-electron chi connectivity index (χ3n) is 2.90. The van der Waals surface area contributed by atoms with Gasteiger partial charge in [-0.2, -0.15) is 0 Å². The number of nitrogens with one attached hydrogen (secondary N) is 1. The molecular formula is C15H13N5OS3. The molecule has 9 heteroatoms. The molecule has 1 aromatic carbocycles. The van der Waals surface area contributed by atoms with Gasteiger partial charge in [-0.3, -0.25) is 10.1 Å². The highest BCUT2D eigenvalue weighted by atomic mass is 32.2. The summed E-state index contributed by atoms with van der Waals surface area (Å²) < 4.78 is 4.56. The molecule has 1 N–H and O–H groups in total. The fourth-order valence-corrected chi connectivity index (χ4v) is 3.91. The zero-order valence-electron chi connectivity index (χ0n) is 12.7. The SMILES string of the molecule is Cc1nnsc1C(=O)Nc1nnc(SC/C=C/c2ccccc2)s1. The van der Waals surface area contributed by atoms with E-state index in [1.54, 1.807) is 18.7 Å². The number of hydrogen-bond donors (Lipinski definition) is 1. The number of nitrogens with zero attached hydrogens (tertiary/aromatic N) is 4. The second-order valence-electron chi connectivity index (χ2n) is 4.64. The molecule has 6 nitrogen and oxygen atoms in total. The van der Waals surface area contributed by atoms with Gasteiger partial charge in [0.05, 0.1) is 5.69 Å². The lowest BCUT2D eigenvalue weighted by molar-refractivity contribution is 0.102. The summed E-state index contributed by atoms with van der Waals surface area (Å²) in [5.41, 5.74) is 1.78. The van der Waals surface area contributed by atoms with Gasteiger partial charge < -0.3 is 0 Å². The third kappa shape index (κ3) is 4.47. The smallest absolute Gasteiger partial charge is 0.271 e. The van der Waals surface area contributed by atoms with Gasteiger partial charge in [-0.1, -0.05) is 70.1 Å². The average molecular weight is 376 g/mol. The molecule has 0 aliphatic heterocycles. The Hall–Kier alpha value is -2.10. The molecule has 3 rings (SSSR count). The second-order valence-corrected chi connectivity index (χ2v) is 7.64. The molecule has 0 saturated heterocycles. The van der Waals surface area contributed by atoms with E-state index < -0.39 is 0 Å². The molecule has 0 radical (unpaired) electrons. The third-order valence-corrected chi connectivity index (χ3v) is 5.65. The van der Waals surface area contributed by atoms with Gasteiger partial charge >= 0.3 is 0 Å². The van der Waals surface area contributed by atoms with Crippen LogP contribution < -0.4 is 5.32 Å². The minimum absolute atomic E-state index is 0.251. The van der Waals surface area contributed by atoms with Crippen molar-refractivity contribution in [3.05, 3.63) is 52.5 Å². The molecule has 0 unspecified atom stereocenters. The number of thioether (sulfide) groups is 1. The standard InChI is InChI=1S/C15H13N5OS3/c1-10-12(24-20-17-10)13(21)16-14-18-19-15(23-14)22-9-5-8-11-6-3-2-4-7-11/h2-8H,9H2,1H3,(H,16,18,21)/b8-5+. The lowest BCUT2D eigenvalue weighted by Crippen LogP contribution is -2.11. The number of benzene rings is 1. The van der Waals surface area contributed by atoms with Crippen molar-refractivity contribution in [1.29, 1.82) is 0 Å². The number of carbonyl (C=O) groups excluding carboxylic acids is 1. The van der Waals surface area contributed by atoms with Crippen molar-refractivity contribution in [3.8, 4) is 0 Å². The molecule has 1 amide bonds. The minimum Gasteiger partial charge on any atom is -0.296 e. The van der Waals surface area contributed by atoms with Crippen LogP contribution in [0.2, 0.25) is 0 Å². The summed E-state index contributed by atoms with van der Waals surface area (Å²) >= 11 is 3.99. The summed E-state index contributed by atoms with van der Waals surface area (Å²) in [4.78, 5) is 12.6. The van der Waals surface area contributed by atoms with E-state index in [4.69, 9.17) is 0 Å². The van der Waals surface area contributed by atoms with E-state index in [0.29, 0.717) is 15.7 Å². The fourth-order valence-electron chi connectivity index (χ4n) is 1.78. The summed E-state index contributed by atoms with van der Waals surface area (Å²) in [6.07, 6.45) is 4.14. The second kappa shape index (κ2) is 8.13. The van der Waals surface area contributed by atoms with Gasteiger partial charge in [-0.05, 0) is 24.0 Å². The highest BCUT2D eigenvalue weighted by molar-refractivity contribution is 8.01. The van der Waals surface area contributed by atoms with E-state index in [0.717, 1.165) is 27.2 Å². The number of aromatic nitrogens is 4. The molecule has 0 atom stereocenters. The van der Waals surface area contributed by atoms with Gasteiger partial charge in [0.2, 0.25) is 5.13 Å². The van der Waals surface area contributed by atoms with E-state index in [1.807, 2.05) is 18.2 Å². The summed E-state index contributed by atoms with van der Waals surface area (Å²) in [5, 5.41) is 15.1. The fraction of sp³-hybridized carbons (Fsp3) is 0.133. The quantitative estimate of drug-likeness (QED) is 0.522. The Morgan fingerprint density at radius 3 is 2.83 bits per heavy atom. The van der Waals surface area contributed by atoms with Crippen LogP contribution in [0.3, 0.4) is 0 Å². The first kappa shape index (κ1) is 16.7. The summed E-state index contributed by atoms with van der Waals surface area (Å²) in [7, 11) is 0. The Morgan fingerprint density at radius 1 is 1.25 bits per heavy atom. The molecule has 0 spiro atoms. The van der Waals surface area contributed by atoms with Crippen molar-refractivity contribution >= 4 is 51.7 Å². The highest BCUT2D eigenvalue weighted by Gasteiger charge is 2.15. The van der Waals surface area contributed by atoms with Gasteiger partial charge in [-0.25, -0.2) is 0 Å². The van der Waals surface area contributed by atoms with Crippen LogP contribution in [-0.4, -0.2) is 31.4 Å². The Kier molecular flexibility index (Phi) is 5.68. The number of carbonyl (C=O) groups is 1. The van der Waals surface area contributed by atoms with Crippen LogP contribution in [0, 0.1) is 6.92 Å². The Labute approximate surface area is 151 Å². The molecular weight excluding hydrogens is 362 g/mol. The molecule has 122 valence electrons. The topological polar surface area (TPSA) is 80.7 Å². The predicted molar refractivity (Wildman–Crippen MR) is 98.7 cm³/mol. The molecule has 0 saturated carbocycles. The van der Waals surface area contributed by atoms with Gasteiger partial charge in [0.1, 0.15) is 4.88 Å². The molecule has 0 aliphatic rings. The first-order valence-corrected chi connectivity index (χ1v) is 9.58. The first-order chi connectivity index (χ1) is 11.7. The Morgan fingerprint density at radius 2 is 2.08 bits per heavy atom. The van der Waals surface area contributed by atoms with Crippen molar-refractivity contribution in [1.82, 2.24) is 19.8 Å². The minimum atomic E-state index is -0.251. The van der Waals surface area contributed by atoms with Crippen LogP contribution in [0.4, 0.5) is 5.13 Å². The van der Waals surface area contributed by atoms with Crippen LogP contribution >= 0.6 is 34.6 Å². The molecule has 0 bridgehead atoms. The van der Waals surface area contributed by atoms with E-state index in [9.17, 15) is 4.79 Å². The average Bonchev–Trinajstić information content (AvgIpc) is 3.21. The van der Waals surface area contributed by atoms with Crippen LogP contribution in [0.1, 0.15) is 20.9 Å². The van der Waals surface area contributed by atoms with Crippen LogP contribution in [0.25, 0.3) is 6.08 Å². The molecule has 24 heavy (non-hydrogen) atoms. The van der Waals surface area contributed by atoms with Crippen molar-refractivity contribution in [3.63, 3.8) is 0 Å². The molecule has 0 aliphatic carbocycles. The van der Waals surface area contributed by atoms with Gasteiger partial charge in [0.25, 0.3) is 5.91 Å². The van der Waals surface area contributed by atoms with Gasteiger partial charge in [0.15, 0.2) is 4.34 Å². The number of hydrogen-bond acceptors (Lipinski definition) is 8.